The number of hydrogen-bond acceptors (Lipinski definition) is 6. The molecule has 0 aliphatic carbocycles. The van der Waals surface area contributed by atoms with Gasteiger partial charge in [-0.1, -0.05) is 93.7 Å². The van der Waals surface area contributed by atoms with Crippen molar-refractivity contribution in [3.63, 3.8) is 0 Å². The van der Waals surface area contributed by atoms with Crippen LogP contribution in [0.15, 0.2) is 72.9 Å². The molecule has 0 spiro atoms. The smallest absolute Gasteiger partial charge is 0.242 e. The minimum absolute atomic E-state index is 0.0448. The SMILES string of the molecule is CCC=CCC=CCC=CCC=CCC=CCC=CCCC(=O)NC(CC(C)C)C(=O)NC1CC(O)C(CO)OC1O. The van der Waals surface area contributed by atoms with Gasteiger partial charge in [0.2, 0.25) is 11.8 Å². The highest BCUT2D eigenvalue weighted by Crippen LogP contribution is 2.19. The van der Waals surface area contributed by atoms with Crippen molar-refractivity contribution >= 4 is 11.8 Å². The molecule has 0 aromatic rings. The third kappa shape index (κ3) is 17.9. The van der Waals surface area contributed by atoms with Crippen molar-refractivity contribution in [1.29, 1.82) is 0 Å². The fraction of sp³-hybridized carbons (Fsp3) is 0.588. The number of aliphatic hydroxyl groups is 3. The topological polar surface area (TPSA) is 128 Å². The van der Waals surface area contributed by atoms with Crippen LogP contribution in [0.2, 0.25) is 0 Å². The Morgan fingerprint density at radius 3 is 1.81 bits per heavy atom. The Morgan fingerprint density at radius 2 is 1.33 bits per heavy atom. The van der Waals surface area contributed by atoms with E-state index in [2.05, 4.69) is 78.3 Å². The van der Waals surface area contributed by atoms with Crippen molar-refractivity contribution in [2.45, 2.75) is 116 Å². The van der Waals surface area contributed by atoms with Crippen LogP contribution in [0.5, 0.6) is 0 Å². The molecule has 0 saturated carbocycles. The summed E-state index contributed by atoms with van der Waals surface area (Å²) >= 11 is 0. The molecule has 5 atom stereocenters. The summed E-state index contributed by atoms with van der Waals surface area (Å²) in [5, 5.41) is 34.9. The van der Waals surface area contributed by atoms with Crippen LogP contribution in [-0.2, 0) is 14.3 Å². The van der Waals surface area contributed by atoms with Gasteiger partial charge in [-0.2, -0.15) is 0 Å². The lowest BCUT2D eigenvalue weighted by Crippen LogP contribution is -2.58. The van der Waals surface area contributed by atoms with E-state index in [1.807, 2.05) is 26.0 Å². The van der Waals surface area contributed by atoms with Crippen LogP contribution < -0.4 is 10.6 Å². The molecule has 0 bridgehead atoms. The molecule has 42 heavy (non-hydrogen) atoms. The van der Waals surface area contributed by atoms with E-state index in [0.29, 0.717) is 12.8 Å². The molecule has 1 fully saturated rings. The molecule has 0 aromatic heterocycles. The average Bonchev–Trinajstić information content (AvgIpc) is 2.95. The van der Waals surface area contributed by atoms with Crippen LogP contribution in [0, 0.1) is 5.92 Å². The fourth-order valence-electron chi connectivity index (χ4n) is 4.29. The molecule has 2 amide bonds. The summed E-state index contributed by atoms with van der Waals surface area (Å²) in [5.41, 5.74) is 0. The summed E-state index contributed by atoms with van der Waals surface area (Å²) in [4.78, 5) is 25.4. The van der Waals surface area contributed by atoms with Gasteiger partial charge in [0.25, 0.3) is 0 Å². The second-order valence-corrected chi connectivity index (χ2v) is 10.9. The van der Waals surface area contributed by atoms with Crippen molar-refractivity contribution in [2.75, 3.05) is 6.61 Å². The Hall–Kier alpha value is -2.78. The Bertz CT molecular complexity index is 921. The molecular weight excluding hydrogens is 532 g/mol. The van der Waals surface area contributed by atoms with Crippen molar-refractivity contribution < 1.29 is 29.6 Å². The number of carbonyl (C=O) groups excluding carboxylic acids is 2. The number of allylic oxidation sites excluding steroid dienone is 12. The van der Waals surface area contributed by atoms with E-state index in [1.165, 1.54) is 0 Å². The monoisotopic (exact) mass is 586 g/mol. The average molecular weight is 587 g/mol. The number of amides is 2. The van der Waals surface area contributed by atoms with Crippen LogP contribution in [0.3, 0.4) is 0 Å². The van der Waals surface area contributed by atoms with Gasteiger partial charge in [-0.15, -0.1) is 0 Å². The predicted molar refractivity (Wildman–Crippen MR) is 169 cm³/mol. The molecule has 1 rings (SSSR count). The lowest BCUT2D eigenvalue weighted by molar-refractivity contribution is -0.221. The first kappa shape index (κ1) is 37.2. The molecule has 8 heteroatoms. The molecule has 1 aliphatic rings. The van der Waals surface area contributed by atoms with Crippen LogP contribution in [-0.4, -0.2) is 64.3 Å². The second-order valence-electron chi connectivity index (χ2n) is 10.9. The Kier molecular flexibility index (Phi) is 21.1. The minimum atomic E-state index is -1.35. The predicted octanol–water partition coefficient (Wildman–Crippen LogP) is 4.94. The maximum absolute atomic E-state index is 12.9. The molecule has 0 aromatic carbocycles. The zero-order valence-electron chi connectivity index (χ0n) is 25.7. The minimum Gasteiger partial charge on any atom is -0.394 e. The summed E-state index contributed by atoms with van der Waals surface area (Å²) in [6, 6.07) is -1.59. The molecule has 236 valence electrons. The van der Waals surface area contributed by atoms with Gasteiger partial charge in [-0.3, -0.25) is 9.59 Å². The van der Waals surface area contributed by atoms with Gasteiger partial charge in [0.1, 0.15) is 12.1 Å². The molecule has 1 saturated heterocycles. The van der Waals surface area contributed by atoms with Crippen molar-refractivity contribution in [1.82, 2.24) is 10.6 Å². The van der Waals surface area contributed by atoms with Crippen LogP contribution in [0.25, 0.3) is 0 Å². The molecule has 5 N–H and O–H groups in total. The summed E-state index contributed by atoms with van der Waals surface area (Å²) in [6.07, 6.45) is 29.4. The van der Waals surface area contributed by atoms with E-state index in [9.17, 15) is 24.9 Å². The number of carbonyl (C=O) groups is 2. The van der Waals surface area contributed by atoms with Gasteiger partial charge in [0, 0.05) is 12.8 Å². The molecule has 0 radical (unpaired) electrons. The number of nitrogens with one attached hydrogen (secondary N) is 2. The van der Waals surface area contributed by atoms with Gasteiger partial charge in [-0.25, -0.2) is 0 Å². The zero-order valence-corrected chi connectivity index (χ0v) is 25.7. The van der Waals surface area contributed by atoms with E-state index < -0.39 is 43.1 Å². The first-order valence-corrected chi connectivity index (χ1v) is 15.4. The molecule has 8 nitrogen and oxygen atoms in total. The van der Waals surface area contributed by atoms with Crippen LogP contribution in [0.4, 0.5) is 0 Å². The number of aliphatic hydroxyl groups excluding tert-OH is 3. The third-order valence-electron chi connectivity index (χ3n) is 6.58. The molecular formula is C34H54N2O6. The summed E-state index contributed by atoms with van der Waals surface area (Å²) in [7, 11) is 0. The van der Waals surface area contributed by atoms with Crippen molar-refractivity contribution in [3.8, 4) is 0 Å². The summed E-state index contributed by atoms with van der Waals surface area (Å²) in [5.74, 6) is -0.509. The Balaban J connectivity index is 2.28. The van der Waals surface area contributed by atoms with Gasteiger partial charge >= 0.3 is 0 Å². The standard InChI is InChI=1S/C34H54N2O6/c1-4-5-6-7-8-9-10-11-12-13-14-15-16-17-18-19-20-21-22-23-32(39)35-28(24-27(2)3)33(40)36-29-25-30(38)31(26-37)42-34(29)41/h5-6,8-9,11-12,14-15,17-18,20-21,27-31,34,37-38,41H,4,7,10,13,16,19,22-26H2,1-3H3,(H,35,39)(H,36,40). The number of ether oxygens (including phenoxy) is 1. The molecule has 5 unspecified atom stereocenters. The lowest BCUT2D eigenvalue weighted by Gasteiger charge is -2.37. The van der Waals surface area contributed by atoms with E-state index in [-0.39, 0.29) is 24.7 Å². The number of rotatable bonds is 20. The first-order valence-electron chi connectivity index (χ1n) is 15.4. The maximum atomic E-state index is 12.9. The Labute approximate surface area is 253 Å². The highest BCUT2D eigenvalue weighted by atomic mass is 16.6. The molecule has 1 heterocycles. The molecule has 1 aliphatic heterocycles. The van der Waals surface area contributed by atoms with Gasteiger partial charge in [0.05, 0.1) is 18.8 Å². The van der Waals surface area contributed by atoms with Crippen molar-refractivity contribution in [2.24, 2.45) is 5.92 Å². The number of hydrogen-bond donors (Lipinski definition) is 5. The first-order chi connectivity index (χ1) is 20.3. The van der Waals surface area contributed by atoms with E-state index in [4.69, 9.17) is 4.74 Å². The van der Waals surface area contributed by atoms with Gasteiger partial charge < -0.3 is 30.7 Å². The van der Waals surface area contributed by atoms with E-state index >= 15 is 0 Å². The normalized spacial score (nSPS) is 22.5. The van der Waals surface area contributed by atoms with Gasteiger partial charge in [-0.05, 0) is 57.3 Å². The lowest BCUT2D eigenvalue weighted by atomic mass is 9.98. The Morgan fingerprint density at radius 1 is 0.833 bits per heavy atom. The maximum Gasteiger partial charge on any atom is 0.242 e. The quantitative estimate of drug-likeness (QED) is 0.129. The highest BCUT2D eigenvalue weighted by molar-refractivity contribution is 5.87. The van der Waals surface area contributed by atoms with E-state index in [1.54, 1.807) is 0 Å². The largest absolute Gasteiger partial charge is 0.394 e. The van der Waals surface area contributed by atoms with Gasteiger partial charge in [0.15, 0.2) is 6.29 Å². The summed E-state index contributed by atoms with van der Waals surface area (Å²) < 4.78 is 5.18. The third-order valence-corrected chi connectivity index (χ3v) is 6.58. The fourth-order valence-corrected chi connectivity index (χ4v) is 4.29. The van der Waals surface area contributed by atoms with Crippen molar-refractivity contribution in [3.05, 3.63) is 72.9 Å². The van der Waals surface area contributed by atoms with Crippen LogP contribution in [0.1, 0.15) is 85.0 Å². The zero-order chi connectivity index (χ0) is 31.0. The second kappa shape index (κ2) is 23.7. The van der Waals surface area contributed by atoms with E-state index in [0.717, 1.165) is 38.5 Å². The van der Waals surface area contributed by atoms with Crippen LogP contribution >= 0.6 is 0 Å². The summed E-state index contributed by atoms with van der Waals surface area (Å²) in [6.45, 7) is 5.62. The highest BCUT2D eigenvalue weighted by Gasteiger charge is 2.37.